The Morgan fingerprint density at radius 2 is 2.00 bits per heavy atom. The maximum atomic E-state index is 12.6. The molecule has 1 aromatic heterocycles. The van der Waals surface area contributed by atoms with Crippen molar-refractivity contribution in [3.8, 4) is 0 Å². The largest absolute Gasteiger partial charge is 0.459 e. The van der Waals surface area contributed by atoms with E-state index < -0.39 is 16.8 Å². The third-order valence-corrected chi connectivity index (χ3v) is 5.47. The van der Waals surface area contributed by atoms with Crippen LogP contribution in [0.3, 0.4) is 0 Å². The number of benzene rings is 1. The van der Waals surface area contributed by atoms with Crippen LogP contribution in [0.2, 0.25) is 0 Å². The lowest BCUT2D eigenvalue weighted by Gasteiger charge is -2.14. The van der Waals surface area contributed by atoms with E-state index in [1.54, 1.807) is 13.8 Å². The third-order valence-electron chi connectivity index (χ3n) is 4.26. The molecule has 1 aromatic carbocycles. The quantitative estimate of drug-likeness (QED) is 0.466. The minimum absolute atomic E-state index is 0.160. The van der Waals surface area contributed by atoms with Gasteiger partial charge in [0.2, 0.25) is 0 Å². The number of nitro groups is 1. The second-order valence-corrected chi connectivity index (χ2v) is 7.74. The summed E-state index contributed by atoms with van der Waals surface area (Å²) < 4.78 is 5.37. The highest BCUT2D eigenvalue weighted by atomic mass is 32.1. The number of nitrogens with zero attached hydrogens (tertiary/aromatic N) is 1. The number of hydrogen-bond acceptors (Lipinski definition) is 6. The smallest absolute Gasteiger partial charge is 0.341 e. The van der Waals surface area contributed by atoms with Crippen molar-refractivity contribution in [2.45, 2.75) is 45.6 Å². The predicted molar refractivity (Wildman–Crippen MR) is 103 cm³/mol. The zero-order chi connectivity index (χ0) is 19.6. The van der Waals surface area contributed by atoms with Crippen LogP contribution in [0.4, 0.5) is 10.7 Å². The minimum atomic E-state index is -0.550. The van der Waals surface area contributed by atoms with Gasteiger partial charge in [-0.15, -0.1) is 11.3 Å². The number of carbonyl (C=O) groups excluding carboxylic acids is 2. The molecule has 0 saturated carbocycles. The number of aryl methyl sites for hydroxylation is 1. The summed E-state index contributed by atoms with van der Waals surface area (Å²) in [6.07, 6.45) is 3.42. The number of hydrogen-bond donors (Lipinski definition) is 1. The van der Waals surface area contributed by atoms with Gasteiger partial charge < -0.3 is 10.1 Å². The molecular formula is C19H20N2O5S. The molecule has 0 fully saturated rings. The Morgan fingerprint density at radius 3 is 2.70 bits per heavy atom. The SMILES string of the molecule is CC(C)OC(=O)c1c(NC(=O)c2cccc([N+](=O)[O-])c2)sc2c1CCCC2. The van der Waals surface area contributed by atoms with E-state index in [4.69, 9.17) is 4.74 Å². The Bertz CT molecular complexity index is 904. The molecule has 0 radical (unpaired) electrons. The number of nitrogens with one attached hydrogen (secondary N) is 1. The van der Waals surface area contributed by atoms with Gasteiger partial charge in [0.15, 0.2) is 0 Å². The van der Waals surface area contributed by atoms with Crippen molar-refractivity contribution < 1.29 is 19.2 Å². The summed E-state index contributed by atoms with van der Waals surface area (Å²) in [4.78, 5) is 36.7. The van der Waals surface area contributed by atoms with Crippen LogP contribution in [0.25, 0.3) is 0 Å². The fourth-order valence-corrected chi connectivity index (χ4v) is 4.35. The maximum Gasteiger partial charge on any atom is 0.341 e. The van der Waals surface area contributed by atoms with Crippen LogP contribution in [0, 0.1) is 10.1 Å². The molecule has 7 nitrogen and oxygen atoms in total. The van der Waals surface area contributed by atoms with Gasteiger partial charge in [-0.1, -0.05) is 6.07 Å². The number of esters is 1. The molecule has 1 N–H and O–H groups in total. The second-order valence-electron chi connectivity index (χ2n) is 6.63. The molecule has 0 spiro atoms. The van der Waals surface area contributed by atoms with Crippen LogP contribution in [0.5, 0.6) is 0 Å². The number of anilines is 1. The monoisotopic (exact) mass is 388 g/mol. The molecule has 1 aliphatic rings. The summed E-state index contributed by atoms with van der Waals surface area (Å²) in [5.74, 6) is -0.936. The van der Waals surface area contributed by atoms with Crippen molar-refractivity contribution in [1.29, 1.82) is 0 Å². The van der Waals surface area contributed by atoms with Crippen LogP contribution in [-0.2, 0) is 17.6 Å². The summed E-state index contributed by atoms with van der Waals surface area (Å²) in [5.41, 5.74) is 1.37. The van der Waals surface area contributed by atoms with Crippen LogP contribution >= 0.6 is 11.3 Å². The molecule has 3 rings (SSSR count). The molecule has 1 aliphatic carbocycles. The van der Waals surface area contributed by atoms with Gasteiger partial charge in [0.05, 0.1) is 16.6 Å². The number of fused-ring (bicyclic) bond motifs is 1. The Labute approximate surface area is 160 Å². The van der Waals surface area contributed by atoms with E-state index >= 15 is 0 Å². The second kappa shape index (κ2) is 7.87. The molecule has 0 unspecified atom stereocenters. The number of carbonyl (C=O) groups is 2. The van der Waals surface area contributed by atoms with Crippen molar-refractivity contribution in [3.05, 3.63) is 55.9 Å². The van der Waals surface area contributed by atoms with Crippen molar-refractivity contribution >= 4 is 33.9 Å². The van der Waals surface area contributed by atoms with E-state index in [-0.39, 0.29) is 17.4 Å². The van der Waals surface area contributed by atoms with E-state index in [0.29, 0.717) is 10.6 Å². The lowest BCUT2D eigenvalue weighted by Crippen LogP contribution is -2.18. The number of non-ortho nitro benzene ring substituents is 1. The molecule has 8 heteroatoms. The highest BCUT2D eigenvalue weighted by Gasteiger charge is 2.28. The van der Waals surface area contributed by atoms with Crippen LogP contribution in [-0.4, -0.2) is 22.9 Å². The van der Waals surface area contributed by atoms with Gasteiger partial charge in [0, 0.05) is 22.6 Å². The average Bonchev–Trinajstić information content (AvgIpc) is 2.99. The summed E-state index contributed by atoms with van der Waals surface area (Å²) in [6.45, 7) is 3.55. The lowest BCUT2D eigenvalue weighted by molar-refractivity contribution is -0.384. The highest BCUT2D eigenvalue weighted by molar-refractivity contribution is 7.17. The average molecular weight is 388 g/mol. The molecule has 0 saturated heterocycles. The number of amides is 1. The summed E-state index contributed by atoms with van der Waals surface area (Å²) >= 11 is 1.38. The normalized spacial score (nSPS) is 13.1. The summed E-state index contributed by atoms with van der Waals surface area (Å²) in [5, 5.41) is 14.1. The molecule has 0 bridgehead atoms. The predicted octanol–water partition coefficient (Wildman–Crippen LogP) is 4.35. The third kappa shape index (κ3) is 4.16. The van der Waals surface area contributed by atoms with Crippen molar-refractivity contribution in [2.75, 3.05) is 5.32 Å². The molecule has 0 aliphatic heterocycles. The number of nitro benzene ring substituents is 1. The molecule has 142 valence electrons. The highest BCUT2D eigenvalue weighted by Crippen LogP contribution is 2.39. The first-order valence-electron chi connectivity index (χ1n) is 8.78. The number of rotatable bonds is 5. The zero-order valence-electron chi connectivity index (χ0n) is 15.1. The van der Waals surface area contributed by atoms with Crippen LogP contribution < -0.4 is 5.32 Å². The van der Waals surface area contributed by atoms with E-state index in [9.17, 15) is 19.7 Å². The van der Waals surface area contributed by atoms with Crippen molar-refractivity contribution in [1.82, 2.24) is 0 Å². The van der Waals surface area contributed by atoms with Gasteiger partial charge in [-0.2, -0.15) is 0 Å². The van der Waals surface area contributed by atoms with Crippen molar-refractivity contribution in [2.24, 2.45) is 0 Å². The Hall–Kier alpha value is -2.74. The van der Waals surface area contributed by atoms with Gasteiger partial charge in [0.25, 0.3) is 11.6 Å². The van der Waals surface area contributed by atoms with Crippen molar-refractivity contribution in [3.63, 3.8) is 0 Å². The Balaban J connectivity index is 1.93. The van der Waals surface area contributed by atoms with E-state index in [1.165, 1.54) is 35.6 Å². The Morgan fingerprint density at radius 1 is 1.26 bits per heavy atom. The molecule has 1 amide bonds. The maximum absolute atomic E-state index is 12.6. The Kier molecular flexibility index (Phi) is 5.55. The van der Waals surface area contributed by atoms with E-state index in [1.807, 2.05) is 0 Å². The standard InChI is InChI=1S/C19H20N2O5S/c1-11(2)26-19(23)16-14-8-3-4-9-15(14)27-18(16)20-17(22)12-6-5-7-13(10-12)21(24)25/h5-7,10-11H,3-4,8-9H2,1-2H3,(H,20,22). The number of thiophene rings is 1. The minimum Gasteiger partial charge on any atom is -0.459 e. The molecule has 0 atom stereocenters. The number of ether oxygens (including phenoxy) is 1. The van der Waals surface area contributed by atoms with E-state index in [2.05, 4.69) is 5.32 Å². The lowest BCUT2D eigenvalue weighted by atomic mass is 9.95. The molecule has 1 heterocycles. The first-order valence-corrected chi connectivity index (χ1v) is 9.59. The van der Waals surface area contributed by atoms with Crippen LogP contribution in [0.15, 0.2) is 24.3 Å². The first-order chi connectivity index (χ1) is 12.9. The fraction of sp³-hybridized carbons (Fsp3) is 0.368. The van der Waals surface area contributed by atoms with Crippen LogP contribution in [0.1, 0.15) is 57.8 Å². The van der Waals surface area contributed by atoms with Gasteiger partial charge in [0.1, 0.15) is 5.00 Å². The van der Waals surface area contributed by atoms with Gasteiger partial charge in [-0.05, 0) is 51.2 Å². The first kappa shape index (κ1) is 19.0. The van der Waals surface area contributed by atoms with Gasteiger partial charge >= 0.3 is 5.97 Å². The fourth-order valence-electron chi connectivity index (χ4n) is 3.08. The summed E-state index contributed by atoms with van der Waals surface area (Å²) in [6, 6.07) is 5.50. The molecule has 27 heavy (non-hydrogen) atoms. The molecule has 2 aromatic rings. The summed E-state index contributed by atoms with van der Waals surface area (Å²) in [7, 11) is 0. The van der Waals surface area contributed by atoms with Gasteiger partial charge in [-0.3, -0.25) is 14.9 Å². The van der Waals surface area contributed by atoms with E-state index in [0.717, 1.165) is 36.1 Å². The zero-order valence-corrected chi connectivity index (χ0v) is 15.9. The topological polar surface area (TPSA) is 98.5 Å². The van der Waals surface area contributed by atoms with Gasteiger partial charge in [-0.25, -0.2) is 4.79 Å². The molecular weight excluding hydrogens is 368 g/mol.